The van der Waals surface area contributed by atoms with Gasteiger partial charge in [0.2, 0.25) is 0 Å². The van der Waals surface area contributed by atoms with E-state index in [-0.39, 0.29) is 5.41 Å². The third-order valence-corrected chi connectivity index (χ3v) is 5.29. The van der Waals surface area contributed by atoms with Crippen molar-refractivity contribution in [2.45, 2.75) is 58.5 Å². The third-order valence-electron chi connectivity index (χ3n) is 5.29. The van der Waals surface area contributed by atoms with Gasteiger partial charge in [0.1, 0.15) is 0 Å². The van der Waals surface area contributed by atoms with Gasteiger partial charge in [0, 0.05) is 5.41 Å². The van der Waals surface area contributed by atoms with Gasteiger partial charge in [0.15, 0.2) is 0 Å². The summed E-state index contributed by atoms with van der Waals surface area (Å²) in [5, 5.41) is 10.6. The smallest absolute Gasteiger partial charge is 0.0879 e. The highest BCUT2D eigenvalue weighted by Crippen LogP contribution is 2.56. The molecule has 1 N–H and O–H groups in total. The Morgan fingerprint density at radius 2 is 1.80 bits per heavy atom. The lowest BCUT2D eigenvalue weighted by Crippen LogP contribution is -2.54. The Morgan fingerprint density at radius 3 is 2.47 bits per heavy atom. The molecule has 0 bridgehead atoms. The Labute approximate surface area is 93.6 Å². The first-order chi connectivity index (χ1) is 6.87. The summed E-state index contributed by atoms with van der Waals surface area (Å²) in [6, 6.07) is 0. The number of aliphatic hydroxyl groups is 1. The summed E-state index contributed by atoms with van der Waals surface area (Å²) in [4.78, 5) is 0. The molecule has 2 aliphatic rings. The fourth-order valence-corrected chi connectivity index (χ4v) is 3.73. The van der Waals surface area contributed by atoms with Crippen LogP contribution in [-0.2, 0) is 0 Å². The zero-order chi connectivity index (χ0) is 11.3. The first-order valence-corrected chi connectivity index (χ1v) is 6.28. The molecule has 2 saturated carbocycles. The van der Waals surface area contributed by atoms with E-state index in [1.807, 2.05) is 6.92 Å². The number of hydrogen-bond donors (Lipinski definition) is 1. The second kappa shape index (κ2) is 3.35. The first-order valence-electron chi connectivity index (χ1n) is 6.28. The normalized spacial score (nSPS) is 44.9. The minimum absolute atomic E-state index is 0.00653. The molecule has 0 aromatic rings. The van der Waals surface area contributed by atoms with E-state index >= 15 is 0 Å². The fraction of sp³-hybridized carbons (Fsp3) is 0.857. The van der Waals surface area contributed by atoms with Crippen LogP contribution < -0.4 is 0 Å². The topological polar surface area (TPSA) is 20.2 Å². The van der Waals surface area contributed by atoms with Crippen molar-refractivity contribution in [1.29, 1.82) is 0 Å². The van der Waals surface area contributed by atoms with Crippen LogP contribution in [0.2, 0.25) is 0 Å². The molecule has 2 fully saturated rings. The van der Waals surface area contributed by atoms with Crippen LogP contribution in [0, 0.1) is 17.3 Å². The van der Waals surface area contributed by atoms with E-state index < -0.39 is 5.60 Å². The summed E-state index contributed by atoms with van der Waals surface area (Å²) in [7, 11) is 0. The molecule has 0 aromatic carbocycles. The second-order valence-electron chi connectivity index (χ2n) is 6.25. The molecule has 0 saturated heterocycles. The van der Waals surface area contributed by atoms with Crippen LogP contribution in [0.1, 0.15) is 52.9 Å². The van der Waals surface area contributed by atoms with Crippen LogP contribution >= 0.6 is 0 Å². The van der Waals surface area contributed by atoms with Gasteiger partial charge in [-0.15, -0.1) is 0 Å². The van der Waals surface area contributed by atoms with Crippen LogP contribution in [0.3, 0.4) is 0 Å². The van der Waals surface area contributed by atoms with E-state index in [9.17, 15) is 5.11 Å². The van der Waals surface area contributed by atoms with Crippen molar-refractivity contribution in [1.82, 2.24) is 0 Å². The molecule has 3 atom stereocenters. The predicted octanol–water partition coefficient (Wildman–Crippen LogP) is 3.53. The lowest BCUT2D eigenvalue weighted by molar-refractivity contribution is -0.105. The van der Waals surface area contributed by atoms with E-state index in [0.29, 0.717) is 5.92 Å². The van der Waals surface area contributed by atoms with Crippen molar-refractivity contribution in [3.8, 4) is 0 Å². The van der Waals surface area contributed by atoms with Gasteiger partial charge in [-0.3, -0.25) is 0 Å². The summed E-state index contributed by atoms with van der Waals surface area (Å²) in [5.41, 5.74) is 0.370. The largest absolute Gasteiger partial charge is 0.385 e. The Bertz CT molecular complexity index is 275. The zero-order valence-corrected chi connectivity index (χ0v) is 10.3. The molecule has 1 heteroatoms. The average Bonchev–Trinajstić information content (AvgIpc) is 2.16. The number of hydrogen-bond acceptors (Lipinski definition) is 1. The summed E-state index contributed by atoms with van der Waals surface area (Å²) >= 11 is 0. The molecule has 0 radical (unpaired) electrons. The van der Waals surface area contributed by atoms with E-state index in [1.165, 1.54) is 25.7 Å². The van der Waals surface area contributed by atoms with E-state index in [0.717, 1.165) is 17.9 Å². The lowest BCUT2D eigenvalue weighted by atomic mass is 9.52. The third kappa shape index (κ3) is 1.47. The first kappa shape index (κ1) is 11.2. The fourth-order valence-electron chi connectivity index (χ4n) is 3.73. The molecular weight excluding hydrogens is 184 g/mol. The lowest BCUT2D eigenvalue weighted by Gasteiger charge is -2.55. The molecule has 2 rings (SSSR count). The molecule has 0 amide bonds. The van der Waals surface area contributed by atoms with Gasteiger partial charge in [-0.25, -0.2) is 0 Å². The standard InChI is InChI=1S/C14H24O/c1-10-9-11-7-5-6-8-12(11)13(2,3)14(10,4)15/h11-12,15H,1,5-9H2,2-4H3. The van der Waals surface area contributed by atoms with Gasteiger partial charge in [0.05, 0.1) is 5.60 Å². The molecule has 0 aliphatic heterocycles. The molecule has 0 aromatic heterocycles. The molecule has 2 aliphatic carbocycles. The quantitative estimate of drug-likeness (QED) is 0.604. The van der Waals surface area contributed by atoms with Gasteiger partial charge in [-0.2, -0.15) is 0 Å². The van der Waals surface area contributed by atoms with Gasteiger partial charge in [-0.05, 0) is 43.6 Å². The van der Waals surface area contributed by atoms with Crippen LogP contribution in [0.15, 0.2) is 12.2 Å². The van der Waals surface area contributed by atoms with Crippen LogP contribution in [-0.4, -0.2) is 10.7 Å². The summed E-state index contributed by atoms with van der Waals surface area (Å²) in [5.74, 6) is 1.47. The van der Waals surface area contributed by atoms with Crippen molar-refractivity contribution in [3.63, 3.8) is 0 Å². The molecule has 15 heavy (non-hydrogen) atoms. The van der Waals surface area contributed by atoms with Crippen LogP contribution in [0.5, 0.6) is 0 Å². The van der Waals surface area contributed by atoms with Crippen molar-refractivity contribution in [2.75, 3.05) is 0 Å². The maximum Gasteiger partial charge on any atom is 0.0879 e. The molecule has 3 unspecified atom stereocenters. The SMILES string of the molecule is C=C1CC2CCCCC2C(C)(C)C1(C)O. The molecular formula is C14H24O. The molecule has 0 spiro atoms. The Morgan fingerprint density at radius 1 is 1.20 bits per heavy atom. The van der Waals surface area contributed by atoms with Crippen molar-refractivity contribution in [3.05, 3.63) is 12.2 Å². The Kier molecular flexibility index (Phi) is 2.50. The molecule has 86 valence electrons. The predicted molar refractivity (Wildman–Crippen MR) is 63.6 cm³/mol. The highest BCUT2D eigenvalue weighted by molar-refractivity contribution is 5.22. The van der Waals surface area contributed by atoms with Crippen molar-refractivity contribution >= 4 is 0 Å². The minimum Gasteiger partial charge on any atom is -0.385 e. The molecule has 0 heterocycles. The maximum atomic E-state index is 10.6. The number of rotatable bonds is 0. The Balaban J connectivity index is 2.33. The van der Waals surface area contributed by atoms with Crippen LogP contribution in [0.25, 0.3) is 0 Å². The Hall–Kier alpha value is -0.300. The average molecular weight is 208 g/mol. The van der Waals surface area contributed by atoms with Gasteiger partial charge < -0.3 is 5.11 Å². The van der Waals surface area contributed by atoms with Gasteiger partial charge in [0.25, 0.3) is 0 Å². The van der Waals surface area contributed by atoms with E-state index in [2.05, 4.69) is 20.4 Å². The minimum atomic E-state index is -0.675. The van der Waals surface area contributed by atoms with Crippen molar-refractivity contribution in [2.24, 2.45) is 17.3 Å². The van der Waals surface area contributed by atoms with E-state index in [4.69, 9.17) is 0 Å². The second-order valence-corrected chi connectivity index (χ2v) is 6.25. The van der Waals surface area contributed by atoms with Crippen molar-refractivity contribution < 1.29 is 5.11 Å². The summed E-state index contributed by atoms with van der Waals surface area (Å²) in [6.45, 7) is 10.5. The van der Waals surface area contributed by atoms with Crippen LogP contribution in [0.4, 0.5) is 0 Å². The van der Waals surface area contributed by atoms with Gasteiger partial charge >= 0.3 is 0 Å². The summed E-state index contributed by atoms with van der Waals surface area (Å²) in [6.07, 6.45) is 6.38. The summed E-state index contributed by atoms with van der Waals surface area (Å²) < 4.78 is 0. The monoisotopic (exact) mass is 208 g/mol. The van der Waals surface area contributed by atoms with Gasteiger partial charge in [-0.1, -0.05) is 33.3 Å². The maximum absolute atomic E-state index is 10.6. The zero-order valence-electron chi connectivity index (χ0n) is 10.3. The highest BCUT2D eigenvalue weighted by atomic mass is 16.3. The molecule has 1 nitrogen and oxygen atoms in total. The van der Waals surface area contributed by atoms with E-state index in [1.54, 1.807) is 0 Å². The number of fused-ring (bicyclic) bond motifs is 1. The highest BCUT2D eigenvalue weighted by Gasteiger charge is 2.53.